The number of nitrogens with zero attached hydrogens (tertiary/aromatic N) is 1. The van der Waals surface area contributed by atoms with E-state index < -0.39 is 5.60 Å². The maximum absolute atomic E-state index is 12.0. The van der Waals surface area contributed by atoms with E-state index in [1.165, 1.54) is 0 Å². The number of hydrogen-bond donors (Lipinski definition) is 1. The topological polar surface area (TPSA) is 55.6 Å². The molecule has 1 amide bonds. The van der Waals surface area contributed by atoms with Gasteiger partial charge in [0, 0.05) is 12.6 Å². The Kier molecular flexibility index (Phi) is 4.80. The molecule has 0 aromatic carbocycles. The molecule has 0 aromatic rings. The van der Waals surface area contributed by atoms with Gasteiger partial charge in [-0.25, -0.2) is 4.79 Å². The zero-order valence-corrected chi connectivity index (χ0v) is 11.5. The van der Waals surface area contributed by atoms with Gasteiger partial charge >= 0.3 is 6.09 Å². The van der Waals surface area contributed by atoms with E-state index in [0.29, 0.717) is 5.92 Å². The van der Waals surface area contributed by atoms with E-state index >= 15 is 0 Å². The van der Waals surface area contributed by atoms with Crippen LogP contribution in [0.15, 0.2) is 0 Å². The van der Waals surface area contributed by atoms with Gasteiger partial charge in [-0.3, -0.25) is 0 Å². The molecule has 2 unspecified atom stereocenters. The predicted molar refractivity (Wildman–Crippen MR) is 68.8 cm³/mol. The number of nitrogens with two attached hydrogens (primary N) is 1. The Morgan fingerprint density at radius 2 is 2.12 bits per heavy atom. The van der Waals surface area contributed by atoms with Crippen LogP contribution in [0.5, 0.6) is 0 Å². The van der Waals surface area contributed by atoms with Crippen molar-refractivity contribution in [3.8, 4) is 0 Å². The Morgan fingerprint density at radius 1 is 1.47 bits per heavy atom. The van der Waals surface area contributed by atoms with Gasteiger partial charge in [0.1, 0.15) is 5.60 Å². The smallest absolute Gasteiger partial charge is 0.410 e. The average Bonchev–Trinajstić information content (AvgIpc) is 2.15. The Bertz CT molecular complexity index is 261. The number of carbonyl (C=O) groups excluding carboxylic acids is 1. The highest BCUT2D eigenvalue weighted by atomic mass is 16.6. The monoisotopic (exact) mass is 242 g/mol. The molecule has 100 valence electrons. The Balaban J connectivity index is 2.49. The van der Waals surface area contributed by atoms with Crippen molar-refractivity contribution in [3.63, 3.8) is 0 Å². The second kappa shape index (κ2) is 5.71. The minimum atomic E-state index is -0.412. The quantitative estimate of drug-likeness (QED) is 0.808. The molecule has 4 nitrogen and oxygen atoms in total. The molecule has 1 fully saturated rings. The molecule has 0 saturated carbocycles. The largest absolute Gasteiger partial charge is 0.444 e. The van der Waals surface area contributed by atoms with Crippen molar-refractivity contribution >= 4 is 6.09 Å². The third-order valence-electron chi connectivity index (χ3n) is 3.19. The third-order valence-corrected chi connectivity index (χ3v) is 3.19. The Hall–Kier alpha value is -0.770. The molecule has 0 radical (unpaired) electrons. The number of ether oxygens (including phenoxy) is 1. The van der Waals surface area contributed by atoms with Crippen LogP contribution in [0.2, 0.25) is 0 Å². The minimum Gasteiger partial charge on any atom is -0.444 e. The fourth-order valence-electron chi connectivity index (χ4n) is 2.36. The van der Waals surface area contributed by atoms with Crippen molar-refractivity contribution in [3.05, 3.63) is 0 Å². The summed E-state index contributed by atoms with van der Waals surface area (Å²) < 4.78 is 5.41. The van der Waals surface area contributed by atoms with Crippen molar-refractivity contribution in [1.29, 1.82) is 0 Å². The number of piperidine rings is 1. The van der Waals surface area contributed by atoms with E-state index in [0.717, 1.165) is 32.4 Å². The molecule has 0 spiro atoms. The first kappa shape index (κ1) is 14.3. The zero-order chi connectivity index (χ0) is 13.1. The first-order valence-electron chi connectivity index (χ1n) is 6.53. The standard InChI is InChI=1S/C13H26N2O2/c1-10-9-11(5-7-14)6-8-15(10)12(16)17-13(2,3)4/h10-11H,5-9,14H2,1-4H3. The molecule has 4 heteroatoms. The molecule has 2 N–H and O–H groups in total. The second-order valence-electron chi connectivity index (χ2n) is 5.99. The molecule has 1 saturated heterocycles. The molecule has 0 aliphatic carbocycles. The highest BCUT2D eigenvalue weighted by Gasteiger charge is 2.31. The summed E-state index contributed by atoms with van der Waals surface area (Å²) >= 11 is 0. The molecule has 1 aliphatic heterocycles. The second-order valence-corrected chi connectivity index (χ2v) is 5.99. The van der Waals surface area contributed by atoms with Gasteiger partial charge in [0.05, 0.1) is 0 Å². The normalized spacial score (nSPS) is 25.8. The summed E-state index contributed by atoms with van der Waals surface area (Å²) in [6.45, 7) is 9.32. The summed E-state index contributed by atoms with van der Waals surface area (Å²) in [6.07, 6.45) is 2.96. The van der Waals surface area contributed by atoms with E-state index in [2.05, 4.69) is 6.92 Å². The molecule has 0 bridgehead atoms. The van der Waals surface area contributed by atoms with E-state index in [9.17, 15) is 4.79 Å². The molecule has 17 heavy (non-hydrogen) atoms. The number of hydrogen-bond acceptors (Lipinski definition) is 3. The van der Waals surface area contributed by atoms with Crippen LogP contribution in [0.1, 0.15) is 47.0 Å². The van der Waals surface area contributed by atoms with Crippen molar-refractivity contribution < 1.29 is 9.53 Å². The first-order valence-corrected chi connectivity index (χ1v) is 6.53. The van der Waals surface area contributed by atoms with Crippen LogP contribution in [0.4, 0.5) is 4.79 Å². The van der Waals surface area contributed by atoms with Crippen molar-refractivity contribution in [2.45, 2.75) is 58.6 Å². The zero-order valence-electron chi connectivity index (χ0n) is 11.5. The fraction of sp³-hybridized carbons (Fsp3) is 0.923. The van der Waals surface area contributed by atoms with Gasteiger partial charge in [-0.2, -0.15) is 0 Å². The Morgan fingerprint density at radius 3 is 2.59 bits per heavy atom. The lowest BCUT2D eigenvalue weighted by atomic mass is 9.89. The van der Waals surface area contributed by atoms with Crippen LogP contribution in [-0.4, -0.2) is 35.7 Å². The van der Waals surface area contributed by atoms with Gasteiger partial charge in [0.15, 0.2) is 0 Å². The van der Waals surface area contributed by atoms with E-state index in [1.807, 2.05) is 25.7 Å². The fourth-order valence-corrected chi connectivity index (χ4v) is 2.36. The molecular weight excluding hydrogens is 216 g/mol. The first-order chi connectivity index (χ1) is 7.83. The summed E-state index contributed by atoms with van der Waals surface area (Å²) in [5.74, 6) is 0.661. The molecule has 1 aliphatic rings. The summed E-state index contributed by atoms with van der Waals surface area (Å²) in [5.41, 5.74) is 5.17. The molecular formula is C13H26N2O2. The maximum Gasteiger partial charge on any atom is 0.410 e. The van der Waals surface area contributed by atoms with Gasteiger partial charge in [-0.1, -0.05) is 0 Å². The van der Waals surface area contributed by atoms with Gasteiger partial charge in [0.2, 0.25) is 0 Å². The van der Waals surface area contributed by atoms with Gasteiger partial charge in [-0.05, 0) is 59.4 Å². The van der Waals surface area contributed by atoms with Crippen LogP contribution in [0.3, 0.4) is 0 Å². The van der Waals surface area contributed by atoms with Crippen molar-refractivity contribution in [2.75, 3.05) is 13.1 Å². The lowest BCUT2D eigenvalue weighted by molar-refractivity contribution is 0.00688. The summed E-state index contributed by atoms with van der Waals surface area (Å²) in [7, 11) is 0. The van der Waals surface area contributed by atoms with Crippen LogP contribution in [0.25, 0.3) is 0 Å². The van der Waals surface area contributed by atoms with Gasteiger partial charge < -0.3 is 15.4 Å². The lowest BCUT2D eigenvalue weighted by Gasteiger charge is -2.38. The summed E-state index contributed by atoms with van der Waals surface area (Å²) in [4.78, 5) is 13.8. The highest BCUT2D eigenvalue weighted by Crippen LogP contribution is 2.26. The van der Waals surface area contributed by atoms with Crippen LogP contribution in [-0.2, 0) is 4.74 Å². The SMILES string of the molecule is CC1CC(CCN)CCN1C(=O)OC(C)(C)C. The van der Waals surface area contributed by atoms with E-state index in [-0.39, 0.29) is 12.1 Å². The minimum absolute atomic E-state index is 0.184. The maximum atomic E-state index is 12.0. The molecule has 1 rings (SSSR count). The van der Waals surface area contributed by atoms with E-state index in [1.54, 1.807) is 0 Å². The molecule has 1 heterocycles. The number of amides is 1. The average molecular weight is 242 g/mol. The van der Waals surface area contributed by atoms with Crippen molar-refractivity contribution in [1.82, 2.24) is 4.90 Å². The number of likely N-dealkylation sites (tertiary alicyclic amines) is 1. The van der Waals surface area contributed by atoms with Crippen LogP contribution >= 0.6 is 0 Å². The summed E-state index contributed by atoms with van der Waals surface area (Å²) in [6, 6.07) is 0.259. The summed E-state index contributed by atoms with van der Waals surface area (Å²) in [5, 5.41) is 0. The predicted octanol–water partition coefficient (Wildman–Crippen LogP) is 2.37. The Labute approximate surface area is 104 Å². The highest BCUT2D eigenvalue weighted by molar-refractivity contribution is 5.68. The number of carbonyl (C=O) groups is 1. The van der Waals surface area contributed by atoms with Crippen LogP contribution < -0.4 is 5.73 Å². The third kappa shape index (κ3) is 4.54. The molecule has 0 aromatic heterocycles. The van der Waals surface area contributed by atoms with Gasteiger partial charge in [-0.15, -0.1) is 0 Å². The molecule has 2 atom stereocenters. The number of rotatable bonds is 2. The van der Waals surface area contributed by atoms with E-state index in [4.69, 9.17) is 10.5 Å². The van der Waals surface area contributed by atoms with Crippen molar-refractivity contribution in [2.24, 2.45) is 11.7 Å². The lowest BCUT2D eigenvalue weighted by Crippen LogP contribution is -2.47. The van der Waals surface area contributed by atoms with Crippen LogP contribution in [0, 0.1) is 5.92 Å². The van der Waals surface area contributed by atoms with Gasteiger partial charge in [0.25, 0.3) is 0 Å².